The van der Waals surface area contributed by atoms with Gasteiger partial charge in [-0.3, -0.25) is 0 Å². The number of pyridine rings is 2. The summed E-state index contributed by atoms with van der Waals surface area (Å²) in [7, 11) is 0. The van der Waals surface area contributed by atoms with Crippen LogP contribution in [-0.2, 0) is 18.2 Å². The first kappa shape index (κ1) is 25.8. The maximum absolute atomic E-state index is 13.1. The predicted octanol–water partition coefficient (Wildman–Crippen LogP) is 6.25. The van der Waals surface area contributed by atoms with E-state index in [0.717, 1.165) is 23.9 Å². The van der Waals surface area contributed by atoms with Crippen LogP contribution in [0.3, 0.4) is 0 Å². The second kappa shape index (κ2) is 9.48. The molecule has 0 bridgehead atoms. The lowest BCUT2D eigenvalue weighted by Gasteiger charge is -2.34. The molecule has 196 valence electrons. The van der Waals surface area contributed by atoms with Gasteiger partial charge in [0.05, 0.1) is 21.7 Å². The Kier molecular flexibility index (Phi) is 6.44. The molecular formula is C27H23F3N4O3S. The van der Waals surface area contributed by atoms with Crippen LogP contribution in [0.5, 0.6) is 0 Å². The van der Waals surface area contributed by atoms with Crippen molar-refractivity contribution < 1.29 is 28.2 Å². The third-order valence-corrected chi connectivity index (χ3v) is 7.74. The molecule has 0 unspecified atom stereocenters. The summed E-state index contributed by atoms with van der Waals surface area (Å²) in [6, 6.07) is 8.79. The molecule has 3 aromatic heterocycles. The minimum atomic E-state index is -4.49. The lowest BCUT2D eigenvalue weighted by atomic mass is 9.76. The van der Waals surface area contributed by atoms with Crippen LogP contribution in [0.1, 0.15) is 56.0 Å². The van der Waals surface area contributed by atoms with Gasteiger partial charge < -0.3 is 15.5 Å². The van der Waals surface area contributed by atoms with Crippen molar-refractivity contribution in [1.82, 2.24) is 15.0 Å². The third-order valence-electron chi connectivity index (χ3n) is 6.57. The molecule has 0 aliphatic heterocycles. The zero-order chi connectivity index (χ0) is 27.2. The van der Waals surface area contributed by atoms with Crippen LogP contribution in [0.4, 0.5) is 24.8 Å². The van der Waals surface area contributed by atoms with Gasteiger partial charge in [-0.1, -0.05) is 12.1 Å². The van der Waals surface area contributed by atoms with Crippen molar-refractivity contribution >= 4 is 28.9 Å². The summed E-state index contributed by atoms with van der Waals surface area (Å²) in [5, 5.41) is 24.8. The summed E-state index contributed by atoms with van der Waals surface area (Å²) in [4.78, 5) is 25.6. The molecule has 5 rings (SSSR count). The Hall–Kier alpha value is -3.83. The molecule has 1 aliphatic carbocycles. The van der Waals surface area contributed by atoms with E-state index in [1.165, 1.54) is 11.3 Å². The Morgan fingerprint density at radius 1 is 1.11 bits per heavy atom. The monoisotopic (exact) mass is 540 g/mol. The van der Waals surface area contributed by atoms with Gasteiger partial charge in [-0.25, -0.2) is 19.7 Å². The number of nitrogens with zero attached hydrogens (tertiary/aromatic N) is 3. The van der Waals surface area contributed by atoms with Crippen molar-refractivity contribution in [2.24, 2.45) is 0 Å². The molecule has 1 aromatic carbocycles. The number of aryl methyl sites for hydroxylation is 2. The SMILES string of the molecule is Cc1cc(Nc2cc(C(F)(F)F)ccn2)nc(-c2cnc([C@]3(O)CCCc4c3ccc(C)c4C(=O)O)s2)c1. The van der Waals surface area contributed by atoms with Crippen molar-refractivity contribution in [3.63, 3.8) is 0 Å². The van der Waals surface area contributed by atoms with E-state index in [2.05, 4.69) is 20.3 Å². The van der Waals surface area contributed by atoms with Crippen LogP contribution in [0, 0.1) is 13.8 Å². The molecule has 0 amide bonds. The van der Waals surface area contributed by atoms with E-state index >= 15 is 0 Å². The number of thiazole rings is 1. The minimum Gasteiger partial charge on any atom is -0.478 e. The van der Waals surface area contributed by atoms with Crippen LogP contribution >= 0.6 is 11.3 Å². The highest BCUT2D eigenvalue weighted by Gasteiger charge is 2.40. The van der Waals surface area contributed by atoms with Crippen LogP contribution < -0.4 is 5.32 Å². The average molecular weight is 541 g/mol. The van der Waals surface area contributed by atoms with Crippen LogP contribution in [0.25, 0.3) is 10.6 Å². The first-order valence-electron chi connectivity index (χ1n) is 11.8. The highest BCUT2D eigenvalue weighted by molar-refractivity contribution is 7.15. The van der Waals surface area contributed by atoms with E-state index in [1.54, 1.807) is 31.3 Å². The minimum absolute atomic E-state index is 0.00604. The molecule has 0 saturated carbocycles. The Bertz CT molecular complexity index is 1550. The van der Waals surface area contributed by atoms with E-state index in [1.807, 2.05) is 13.0 Å². The molecule has 11 heteroatoms. The number of alkyl halides is 3. The third kappa shape index (κ3) is 4.74. The molecule has 3 heterocycles. The fourth-order valence-electron chi connectivity index (χ4n) is 4.84. The first-order chi connectivity index (χ1) is 18.0. The van der Waals surface area contributed by atoms with Gasteiger partial charge in [0.2, 0.25) is 0 Å². The number of benzene rings is 1. The quantitative estimate of drug-likeness (QED) is 0.275. The van der Waals surface area contributed by atoms with Gasteiger partial charge in [0.1, 0.15) is 22.2 Å². The van der Waals surface area contributed by atoms with E-state index in [4.69, 9.17) is 0 Å². The van der Waals surface area contributed by atoms with Crippen LogP contribution in [0.15, 0.2) is 48.8 Å². The molecule has 1 atom stereocenters. The summed E-state index contributed by atoms with van der Waals surface area (Å²) in [6.45, 7) is 3.57. The van der Waals surface area contributed by atoms with Crippen molar-refractivity contribution in [1.29, 1.82) is 0 Å². The normalized spacial score (nSPS) is 17.2. The summed E-state index contributed by atoms with van der Waals surface area (Å²) in [6.07, 6.45) is -0.278. The van der Waals surface area contributed by atoms with Gasteiger partial charge in [-0.15, -0.1) is 11.3 Å². The number of rotatable bonds is 5. The number of carbonyl (C=O) groups is 1. The van der Waals surface area contributed by atoms with Crippen molar-refractivity contribution in [2.75, 3.05) is 5.32 Å². The summed E-state index contributed by atoms with van der Waals surface area (Å²) in [5.41, 5.74) is 1.09. The number of fused-ring (bicyclic) bond motifs is 1. The van der Waals surface area contributed by atoms with Crippen molar-refractivity contribution in [2.45, 2.75) is 44.9 Å². The highest BCUT2D eigenvalue weighted by Crippen LogP contribution is 2.45. The first-order valence-corrected chi connectivity index (χ1v) is 12.6. The van der Waals surface area contributed by atoms with Gasteiger partial charge in [0.15, 0.2) is 0 Å². The average Bonchev–Trinajstić information content (AvgIpc) is 3.34. The number of aromatic carboxylic acids is 1. The van der Waals surface area contributed by atoms with Crippen molar-refractivity contribution in [3.05, 3.63) is 87.2 Å². The molecule has 4 aromatic rings. The summed E-state index contributed by atoms with van der Waals surface area (Å²) >= 11 is 1.24. The summed E-state index contributed by atoms with van der Waals surface area (Å²) in [5.74, 6) is -0.709. The van der Waals surface area contributed by atoms with Crippen molar-refractivity contribution in [3.8, 4) is 10.6 Å². The maximum Gasteiger partial charge on any atom is 0.416 e. The van der Waals surface area contributed by atoms with Gasteiger partial charge in [-0.05, 0) is 79.6 Å². The Morgan fingerprint density at radius 2 is 1.89 bits per heavy atom. The Morgan fingerprint density at radius 3 is 2.63 bits per heavy atom. The molecule has 0 saturated heterocycles. The molecule has 0 fully saturated rings. The second-order valence-corrected chi connectivity index (χ2v) is 10.3. The van der Waals surface area contributed by atoms with Gasteiger partial charge >= 0.3 is 12.1 Å². The van der Waals surface area contributed by atoms with Gasteiger partial charge in [0, 0.05) is 12.4 Å². The number of aliphatic hydroxyl groups is 1. The highest BCUT2D eigenvalue weighted by atomic mass is 32.1. The number of nitrogens with one attached hydrogen (secondary N) is 1. The largest absolute Gasteiger partial charge is 0.478 e. The Labute approximate surface area is 220 Å². The number of carboxylic acids is 1. The Balaban J connectivity index is 1.49. The fourth-order valence-corrected chi connectivity index (χ4v) is 5.84. The van der Waals surface area contributed by atoms with Crippen LogP contribution in [0.2, 0.25) is 0 Å². The van der Waals surface area contributed by atoms with Crippen LogP contribution in [-0.4, -0.2) is 31.1 Å². The molecule has 38 heavy (non-hydrogen) atoms. The van der Waals surface area contributed by atoms with E-state index in [0.29, 0.717) is 57.3 Å². The lowest BCUT2D eigenvalue weighted by molar-refractivity contribution is -0.137. The number of halogens is 3. The summed E-state index contributed by atoms with van der Waals surface area (Å²) < 4.78 is 39.3. The number of aromatic nitrogens is 3. The topological polar surface area (TPSA) is 108 Å². The zero-order valence-corrected chi connectivity index (χ0v) is 21.2. The van der Waals surface area contributed by atoms with E-state index in [-0.39, 0.29) is 11.4 Å². The number of carboxylic acid groups (broad SMARTS) is 1. The fraction of sp³-hybridized carbons (Fsp3) is 0.259. The molecular weight excluding hydrogens is 517 g/mol. The van der Waals surface area contributed by atoms with E-state index < -0.39 is 23.3 Å². The molecule has 7 nitrogen and oxygen atoms in total. The van der Waals surface area contributed by atoms with Gasteiger partial charge in [0.25, 0.3) is 0 Å². The molecule has 0 radical (unpaired) electrons. The van der Waals surface area contributed by atoms with Gasteiger partial charge in [-0.2, -0.15) is 13.2 Å². The molecule has 3 N–H and O–H groups in total. The smallest absolute Gasteiger partial charge is 0.416 e. The zero-order valence-electron chi connectivity index (χ0n) is 20.4. The predicted molar refractivity (Wildman–Crippen MR) is 137 cm³/mol. The molecule has 0 spiro atoms. The standard InChI is InChI=1S/C27H23F3N4O3S/c1-14-10-19(33-22(11-14)34-21-12-16(7-9-31-21)27(28,29)30)20-13-32-25(38-20)26(37)8-3-4-17-18(26)6-5-15(2)23(17)24(35)36/h5-7,9-13,37H,3-4,8H2,1-2H3,(H,35,36)(H,31,33,34)/t26-/m0/s1. The van der Waals surface area contributed by atoms with E-state index in [9.17, 15) is 28.2 Å². The number of hydrogen-bond acceptors (Lipinski definition) is 7. The lowest BCUT2D eigenvalue weighted by Crippen LogP contribution is -2.33. The second-order valence-electron chi connectivity index (χ2n) is 9.30. The number of hydrogen-bond donors (Lipinski definition) is 3. The molecule has 1 aliphatic rings. The number of anilines is 2. The maximum atomic E-state index is 13.1.